The Morgan fingerprint density at radius 3 is 2.84 bits per heavy atom. The number of aliphatic hydroxyl groups is 1. The van der Waals surface area contributed by atoms with Crippen molar-refractivity contribution in [2.24, 2.45) is 0 Å². The van der Waals surface area contributed by atoms with Crippen LogP contribution < -0.4 is 0 Å². The van der Waals surface area contributed by atoms with Gasteiger partial charge in [-0.05, 0) is 42.9 Å². The van der Waals surface area contributed by atoms with E-state index in [1.54, 1.807) is 29.4 Å². The first-order valence-corrected chi connectivity index (χ1v) is 7.64. The van der Waals surface area contributed by atoms with Crippen LogP contribution in [0, 0.1) is 6.92 Å². The van der Waals surface area contributed by atoms with E-state index < -0.39 is 0 Å². The van der Waals surface area contributed by atoms with Crippen LogP contribution in [0.3, 0.4) is 0 Å². The third-order valence-electron chi connectivity index (χ3n) is 3.82. The third kappa shape index (κ3) is 3.45. The Bertz CT molecular complexity index is 466. The topological polar surface area (TPSA) is 40.5 Å². The van der Waals surface area contributed by atoms with Crippen molar-refractivity contribution in [1.82, 2.24) is 4.90 Å². The Kier molecular flexibility index (Phi) is 4.77. The summed E-state index contributed by atoms with van der Waals surface area (Å²) < 4.78 is 0. The second-order valence-electron chi connectivity index (χ2n) is 5.17. The predicted molar refractivity (Wildman–Crippen MR) is 79.1 cm³/mol. The van der Waals surface area contributed by atoms with Gasteiger partial charge in [-0.3, -0.25) is 4.79 Å². The minimum absolute atomic E-state index is 0.0289. The van der Waals surface area contributed by atoms with Crippen LogP contribution in [0.2, 0.25) is 0 Å². The zero-order valence-corrected chi connectivity index (χ0v) is 12.3. The number of likely N-dealkylation sites (N-methyl/N-ethyl adjacent to an activating group) is 1. The van der Waals surface area contributed by atoms with Gasteiger partial charge in [-0.25, -0.2) is 0 Å². The first-order valence-electron chi connectivity index (χ1n) is 6.76. The Morgan fingerprint density at radius 1 is 1.47 bits per heavy atom. The van der Waals surface area contributed by atoms with Gasteiger partial charge in [0, 0.05) is 18.0 Å². The highest BCUT2D eigenvalue weighted by molar-refractivity contribution is 7.11. The average Bonchev–Trinajstić information content (AvgIpc) is 2.81. The predicted octanol–water partition coefficient (Wildman–Crippen LogP) is 2.83. The van der Waals surface area contributed by atoms with Gasteiger partial charge in [-0.1, -0.05) is 12.8 Å². The smallest absolute Gasteiger partial charge is 0.246 e. The van der Waals surface area contributed by atoms with Crippen molar-refractivity contribution in [3.05, 3.63) is 28.0 Å². The summed E-state index contributed by atoms with van der Waals surface area (Å²) in [6, 6.07) is 2.01. The summed E-state index contributed by atoms with van der Waals surface area (Å²) in [5, 5.41) is 12.0. The Morgan fingerprint density at radius 2 is 2.21 bits per heavy atom. The van der Waals surface area contributed by atoms with E-state index in [-0.39, 0.29) is 18.1 Å². The maximum atomic E-state index is 12.1. The molecule has 0 radical (unpaired) electrons. The Hall–Kier alpha value is -1.13. The van der Waals surface area contributed by atoms with Gasteiger partial charge in [0.15, 0.2) is 0 Å². The van der Waals surface area contributed by atoms with E-state index in [0.29, 0.717) is 0 Å². The first-order chi connectivity index (χ1) is 9.09. The zero-order chi connectivity index (χ0) is 13.8. The molecule has 1 aliphatic carbocycles. The first kappa shape index (κ1) is 14.3. The van der Waals surface area contributed by atoms with Crippen LogP contribution in [0.1, 0.15) is 36.1 Å². The van der Waals surface area contributed by atoms with Crippen LogP contribution in [0.5, 0.6) is 0 Å². The van der Waals surface area contributed by atoms with Crippen molar-refractivity contribution in [3.63, 3.8) is 0 Å². The van der Waals surface area contributed by atoms with Crippen LogP contribution in [0.25, 0.3) is 6.08 Å². The zero-order valence-electron chi connectivity index (χ0n) is 11.5. The molecule has 1 aromatic heterocycles. The molecule has 1 amide bonds. The van der Waals surface area contributed by atoms with Crippen LogP contribution in [0.4, 0.5) is 0 Å². The largest absolute Gasteiger partial charge is 0.391 e. The number of thiophene rings is 1. The maximum absolute atomic E-state index is 12.1. The second kappa shape index (κ2) is 6.35. The fourth-order valence-electron chi connectivity index (χ4n) is 2.53. The molecule has 1 fully saturated rings. The average molecular weight is 279 g/mol. The van der Waals surface area contributed by atoms with Gasteiger partial charge < -0.3 is 10.0 Å². The lowest BCUT2D eigenvalue weighted by atomic mass is 9.91. The summed E-state index contributed by atoms with van der Waals surface area (Å²) in [6.45, 7) is 2.04. The number of aryl methyl sites for hydroxylation is 1. The molecule has 4 heteroatoms. The highest BCUT2D eigenvalue weighted by atomic mass is 32.1. The lowest BCUT2D eigenvalue weighted by Gasteiger charge is -2.34. The van der Waals surface area contributed by atoms with Crippen molar-refractivity contribution in [3.8, 4) is 0 Å². The van der Waals surface area contributed by atoms with E-state index in [0.717, 1.165) is 30.6 Å². The van der Waals surface area contributed by atoms with E-state index in [2.05, 4.69) is 0 Å². The molecule has 2 unspecified atom stereocenters. The molecular formula is C15H21NO2S. The van der Waals surface area contributed by atoms with Gasteiger partial charge in [0.05, 0.1) is 12.1 Å². The Balaban J connectivity index is 1.99. The molecule has 0 spiro atoms. The van der Waals surface area contributed by atoms with Gasteiger partial charge in [0.25, 0.3) is 0 Å². The van der Waals surface area contributed by atoms with E-state index >= 15 is 0 Å². The number of hydrogen-bond acceptors (Lipinski definition) is 3. The number of hydrogen-bond donors (Lipinski definition) is 1. The number of aliphatic hydroxyl groups excluding tert-OH is 1. The standard InChI is InChI=1S/C15H21NO2S/c1-11-9-10-19-14(11)7-8-15(18)16(2)12-5-3-4-6-13(12)17/h7-10,12-13,17H,3-6H2,1-2H3/b8-7+. The molecule has 0 bridgehead atoms. The molecule has 1 aliphatic rings. The molecule has 1 aromatic rings. The Labute approximate surface area is 118 Å². The van der Waals surface area contributed by atoms with Crippen LogP contribution in [0.15, 0.2) is 17.5 Å². The monoisotopic (exact) mass is 279 g/mol. The summed E-state index contributed by atoms with van der Waals surface area (Å²) in [6.07, 6.45) is 6.95. The number of carbonyl (C=O) groups excluding carboxylic acids is 1. The van der Waals surface area contributed by atoms with Gasteiger partial charge in [-0.2, -0.15) is 0 Å². The van der Waals surface area contributed by atoms with Crippen molar-refractivity contribution in [1.29, 1.82) is 0 Å². The highest BCUT2D eigenvalue weighted by Gasteiger charge is 2.28. The van der Waals surface area contributed by atoms with Gasteiger partial charge in [0.1, 0.15) is 0 Å². The number of rotatable bonds is 3. The minimum Gasteiger partial charge on any atom is -0.391 e. The van der Waals surface area contributed by atoms with Crippen molar-refractivity contribution in [2.45, 2.75) is 44.8 Å². The fourth-order valence-corrected chi connectivity index (χ4v) is 3.35. The van der Waals surface area contributed by atoms with Crippen molar-refractivity contribution in [2.75, 3.05) is 7.05 Å². The summed E-state index contributed by atoms with van der Waals surface area (Å²) in [7, 11) is 1.78. The van der Waals surface area contributed by atoms with E-state index in [1.165, 1.54) is 5.56 Å². The van der Waals surface area contributed by atoms with E-state index in [1.807, 2.05) is 24.4 Å². The summed E-state index contributed by atoms with van der Waals surface area (Å²) in [4.78, 5) is 14.9. The minimum atomic E-state index is -0.375. The van der Waals surface area contributed by atoms with Gasteiger partial charge in [-0.15, -0.1) is 11.3 Å². The van der Waals surface area contributed by atoms with Crippen molar-refractivity contribution >= 4 is 23.3 Å². The summed E-state index contributed by atoms with van der Waals surface area (Å²) in [5.41, 5.74) is 1.19. The molecule has 0 saturated heterocycles. The van der Waals surface area contributed by atoms with Crippen LogP contribution >= 0.6 is 11.3 Å². The molecule has 104 valence electrons. The molecule has 1 heterocycles. The van der Waals surface area contributed by atoms with Crippen LogP contribution in [-0.4, -0.2) is 35.1 Å². The highest BCUT2D eigenvalue weighted by Crippen LogP contribution is 2.23. The molecule has 0 aromatic carbocycles. The molecule has 1 N–H and O–H groups in total. The fraction of sp³-hybridized carbons (Fsp3) is 0.533. The number of amides is 1. The number of nitrogens with zero attached hydrogens (tertiary/aromatic N) is 1. The van der Waals surface area contributed by atoms with E-state index in [9.17, 15) is 9.90 Å². The molecule has 0 aliphatic heterocycles. The maximum Gasteiger partial charge on any atom is 0.246 e. The SMILES string of the molecule is Cc1ccsc1/C=C/C(=O)N(C)C1CCCCC1O. The van der Waals surface area contributed by atoms with Gasteiger partial charge in [0.2, 0.25) is 5.91 Å². The van der Waals surface area contributed by atoms with Crippen molar-refractivity contribution < 1.29 is 9.90 Å². The number of carbonyl (C=O) groups is 1. The molecule has 19 heavy (non-hydrogen) atoms. The van der Waals surface area contributed by atoms with Gasteiger partial charge >= 0.3 is 0 Å². The molecule has 3 nitrogen and oxygen atoms in total. The van der Waals surface area contributed by atoms with Crippen LogP contribution in [-0.2, 0) is 4.79 Å². The molecule has 2 atom stereocenters. The normalized spacial score (nSPS) is 23.7. The summed E-state index contributed by atoms with van der Waals surface area (Å²) in [5.74, 6) is -0.0289. The molecular weight excluding hydrogens is 258 g/mol. The lowest BCUT2D eigenvalue weighted by Crippen LogP contribution is -2.45. The molecule has 1 saturated carbocycles. The summed E-state index contributed by atoms with van der Waals surface area (Å²) >= 11 is 1.63. The van der Waals surface area contributed by atoms with E-state index in [4.69, 9.17) is 0 Å². The molecule has 2 rings (SSSR count). The lowest BCUT2D eigenvalue weighted by molar-refractivity contribution is -0.130. The quantitative estimate of drug-likeness (QED) is 0.864. The third-order valence-corrected chi connectivity index (χ3v) is 4.80. The second-order valence-corrected chi connectivity index (χ2v) is 6.12.